The Kier molecular flexibility index (Phi) is 4.17. The molecule has 2 N–H and O–H groups in total. The van der Waals surface area contributed by atoms with E-state index < -0.39 is 17.5 Å². The SMILES string of the molecule is CC1(C)NC(=O)N(CCSc2cc(C(=O)O)ccn2)C1=O. The maximum Gasteiger partial charge on any atom is 0.335 e. The lowest BCUT2D eigenvalue weighted by molar-refractivity contribution is -0.130. The number of rotatable bonds is 5. The van der Waals surface area contributed by atoms with Crippen LogP contribution in [-0.4, -0.2) is 50.7 Å². The van der Waals surface area contributed by atoms with Gasteiger partial charge in [0.1, 0.15) is 5.54 Å². The van der Waals surface area contributed by atoms with E-state index in [1.54, 1.807) is 13.8 Å². The summed E-state index contributed by atoms with van der Waals surface area (Å²) in [6.45, 7) is 3.55. The van der Waals surface area contributed by atoms with Gasteiger partial charge in [-0.2, -0.15) is 0 Å². The van der Waals surface area contributed by atoms with Crippen molar-refractivity contribution in [3.05, 3.63) is 23.9 Å². The molecule has 8 heteroatoms. The van der Waals surface area contributed by atoms with Gasteiger partial charge in [-0.15, -0.1) is 11.8 Å². The summed E-state index contributed by atoms with van der Waals surface area (Å²) in [5.74, 6) is -0.832. The van der Waals surface area contributed by atoms with Gasteiger partial charge in [-0.25, -0.2) is 14.6 Å². The predicted molar refractivity (Wildman–Crippen MR) is 76.2 cm³/mol. The Morgan fingerprint density at radius 1 is 1.48 bits per heavy atom. The van der Waals surface area contributed by atoms with Gasteiger partial charge >= 0.3 is 12.0 Å². The van der Waals surface area contributed by atoms with Gasteiger partial charge in [0.2, 0.25) is 0 Å². The standard InChI is InChI=1S/C13H15N3O4S/c1-13(2)11(19)16(12(20)15-13)5-6-21-9-7-8(10(17)18)3-4-14-9/h3-4,7H,5-6H2,1-2H3,(H,15,20)(H,17,18). The largest absolute Gasteiger partial charge is 0.478 e. The molecule has 21 heavy (non-hydrogen) atoms. The number of carbonyl (C=O) groups is 3. The molecule has 1 aromatic heterocycles. The van der Waals surface area contributed by atoms with E-state index in [0.717, 1.165) is 4.90 Å². The average molecular weight is 309 g/mol. The lowest BCUT2D eigenvalue weighted by atomic mass is 10.1. The Labute approximate surface area is 125 Å². The molecule has 2 heterocycles. The molecule has 1 saturated heterocycles. The van der Waals surface area contributed by atoms with E-state index in [4.69, 9.17) is 5.11 Å². The Hall–Kier alpha value is -2.09. The molecule has 112 valence electrons. The van der Waals surface area contributed by atoms with Gasteiger partial charge in [0.25, 0.3) is 5.91 Å². The number of hydrogen-bond donors (Lipinski definition) is 2. The number of urea groups is 1. The number of aromatic carboxylic acids is 1. The summed E-state index contributed by atoms with van der Waals surface area (Å²) in [6, 6.07) is 2.47. The van der Waals surface area contributed by atoms with Crippen LogP contribution < -0.4 is 5.32 Å². The number of imide groups is 1. The number of carboxylic acids is 1. The maximum absolute atomic E-state index is 12.0. The minimum atomic E-state index is -1.02. The van der Waals surface area contributed by atoms with Crippen LogP contribution in [0.5, 0.6) is 0 Å². The molecule has 7 nitrogen and oxygen atoms in total. The number of hydrogen-bond acceptors (Lipinski definition) is 5. The predicted octanol–water partition coefficient (Wildman–Crippen LogP) is 1.20. The lowest BCUT2D eigenvalue weighted by Crippen LogP contribution is -2.40. The smallest absolute Gasteiger partial charge is 0.335 e. The van der Waals surface area contributed by atoms with Crippen LogP contribution >= 0.6 is 11.8 Å². The third-order valence-electron chi connectivity index (χ3n) is 2.99. The van der Waals surface area contributed by atoms with Gasteiger partial charge in [-0.05, 0) is 26.0 Å². The zero-order valence-electron chi connectivity index (χ0n) is 11.6. The first-order chi connectivity index (χ1) is 9.81. The van der Waals surface area contributed by atoms with Crippen molar-refractivity contribution in [3.8, 4) is 0 Å². The van der Waals surface area contributed by atoms with Crippen molar-refractivity contribution >= 4 is 29.7 Å². The summed E-state index contributed by atoms with van der Waals surface area (Å²) < 4.78 is 0. The fraction of sp³-hybridized carbons (Fsp3) is 0.385. The molecular weight excluding hydrogens is 294 g/mol. The average Bonchev–Trinajstić information content (AvgIpc) is 2.61. The molecule has 1 fully saturated rings. The van der Waals surface area contributed by atoms with Gasteiger partial charge in [-0.3, -0.25) is 9.69 Å². The fourth-order valence-corrected chi connectivity index (χ4v) is 2.71. The highest BCUT2D eigenvalue weighted by Crippen LogP contribution is 2.20. The van der Waals surface area contributed by atoms with E-state index in [1.165, 1.54) is 30.1 Å². The van der Waals surface area contributed by atoms with E-state index in [-0.39, 0.29) is 18.0 Å². The van der Waals surface area contributed by atoms with E-state index >= 15 is 0 Å². The summed E-state index contributed by atoms with van der Waals surface area (Å²) >= 11 is 1.29. The molecule has 0 spiro atoms. The zero-order valence-corrected chi connectivity index (χ0v) is 12.4. The van der Waals surface area contributed by atoms with Crippen molar-refractivity contribution < 1.29 is 19.5 Å². The van der Waals surface area contributed by atoms with Crippen LogP contribution in [0.2, 0.25) is 0 Å². The number of pyridine rings is 1. The van der Waals surface area contributed by atoms with Crippen molar-refractivity contribution in [2.45, 2.75) is 24.4 Å². The zero-order chi connectivity index (χ0) is 15.6. The quantitative estimate of drug-likeness (QED) is 0.626. The molecule has 0 radical (unpaired) electrons. The van der Waals surface area contributed by atoms with Gasteiger partial charge in [0, 0.05) is 18.5 Å². The Balaban J connectivity index is 1.93. The minimum Gasteiger partial charge on any atom is -0.478 e. The number of thioether (sulfide) groups is 1. The van der Waals surface area contributed by atoms with Crippen LogP contribution in [-0.2, 0) is 4.79 Å². The number of carbonyl (C=O) groups excluding carboxylic acids is 2. The van der Waals surface area contributed by atoms with Crippen molar-refractivity contribution in [1.29, 1.82) is 0 Å². The van der Waals surface area contributed by atoms with Crippen LogP contribution in [0.3, 0.4) is 0 Å². The van der Waals surface area contributed by atoms with E-state index in [0.29, 0.717) is 10.8 Å². The Morgan fingerprint density at radius 2 is 2.19 bits per heavy atom. The Bertz CT molecular complexity index is 603. The number of amides is 3. The molecule has 1 aliphatic heterocycles. The fourth-order valence-electron chi connectivity index (χ4n) is 1.88. The number of nitrogens with zero attached hydrogens (tertiary/aromatic N) is 2. The molecule has 1 aromatic rings. The molecule has 2 rings (SSSR count). The highest BCUT2D eigenvalue weighted by atomic mass is 32.2. The van der Waals surface area contributed by atoms with E-state index in [2.05, 4.69) is 10.3 Å². The summed E-state index contributed by atoms with van der Waals surface area (Å²) in [6.07, 6.45) is 1.42. The molecule has 0 bridgehead atoms. The van der Waals surface area contributed by atoms with Crippen molar-refractivity contribution in [1.82, 2.24) is 15.2 Å². The maximum atomic E-state index is 12.0. The second-order valence-corrected chi connectivity index (χ2v) is 6.16. The third kappa shape index (κ3) is 3.33. The highest BCUT2D eigenvalue weighted by molar-refractivity contribution is 7.99. The highest BCUT2D eigenvalue weighted by Gasteiger charge is 2.43. The summed E-state index contributed by atoms with van der Waals surface area (Å²) in [5, 5.41) is 12.0. The van der Waals surface area contributed by atoms with E-state index in [1.807, 2.05) is 0 Å². The van der Waals surface area contributed by atoms with Gasteiger partial charge < -0.3 is 10.4 Å². The molecule has 0 aliphatic carbocycles. The number of aromatic nitrogens is 1. The monoisotopic (exact) mass is 309 g/mol. The number of carboxylic acid groups (broad SMARTS) is 1. The molecule has 0 unspecified atom stereocenters. The van der Waals surface area contributed by atoms with Crippen molar-refractivity contribution in [2.75, 3.05) is 12.3 Å². The molecule has 3 amide bonds. The van der Waals surface area contributed by atoms with Gasteiger partial charge in [0.05, 0.1) is 10.6 Å². The number of nitrogens with one attached hydrogen (secondary N) is 1. The normalized spacial score (nSPS) is 17.0. The topological polar surface area (TPSA) is 99.6 Å². The van der Waals surface area contributed by atoms with E-state index in [9.17, 15) is 14.4 Å². The second-order valence-electron chi connectivity index (χ2n) is 5.05. The first-order valence-electron chi connectivity index (χ1n) is 6.27. The van der Waals surface area contributed by atoms with Crippen LogP contribution in [0.4, 0.5) is 4.79 Å². The second kappa shape index (κ2) is 5.72. The van der Waals surface area contributed by atoms with Crippen LogP contribution in [0, 0.1) is 0 Å². The Morgan fingerprint density at radius 3 is 2.76 bits per heavy atom. The molecule has 0 atom stereocenters. The molecular formula is C13H15N3O4S. The summed E-state index contributed by atoms with van der Waals surface area (Å²) in [7, 11) is 0. The van der Waals surface area contributed by atoms with Crippen molar-refractivity contribution in [3.63, 3.8) is 0 Å². The van der Waals surface area contributed by atoms with Crippen molar-refractivity contribution in [2.24, 2.45) is 0 Å². The molecule has 1 aliphatic rings. The van der Waals surface area contributed by atoms with Gasteiger partial charge in [-0.1, -0.05) is 0 Å². The molecule has 0 aromatic carbocycles. The first-order valence-corrected chi connectivity index (χ1v) is 7.26. The van der Waals surface area contributed by atoms with Gasteiger partial charge in [0.15, 0.2) is 0 Å². The third-order valence-corrected chi connectivity index (χ3v) is 3.90. The summed E-state index contributed by atoms with van der Waals surface area (Å²) in [4.78, 5) is 39.7. The lowest BCUT2D eigenvalue weighted by Gasteiger charge is -2.15. The molecule has 0 saturated carbocycles. The van der Waals surface area contributed by atoms with Crippen LogP contribution in [0.1, 0.15) is 24.2 Å². The van der Waals surface area contributed by atoms with Crippen LogP contribution in [0.25, 0.3) is 0 Å². The first kappa shape index (κ1) is 15.3. The summed E-state index contributed by atoms with van der Waals surface area (Å²) in [5.41, 5.74) is -0.716. The minimum absolute atomic E-state index is 0.156. The van der Waals surface area contributed by atoms with Crippen LogP contribution in [0.15, 0.2) is 23.4 Å².